The number of hydrogen-bond acceptors (Lipinski definition) is 16. The number of benzene rings is 2. The largest absolute Gasteiger partial charge is 0.497 e. The first-order valence-corrected chi connectivity index (χ1v) is 28.5. The highest BCUT2D eigenvalue weighted by atomic mass is 31.2. The first-order chi connectivity index (χ1) is 35.6. The molecule has 2 rings (SSSR count). The van der Waals surface area contributed by atoms with Crippen LogP contribution in [0.5, 0.6) is 11.5 Å². The molecule has 6 atom stereocenters. The molecule has 0 N–H and O–H groups in total. The van der Waals surface area contributed by atoms with Crippen molar-refractivity contribution in [2.24, 2.45) is 10.2 Å². The van der Waals surface area contributed by atoms with Gasteiger partial charge in [-0.3, -0.25) is 27.1 Å². The van der Waals surface area contributed by atoms with E-state index in [9.17, 15) is 20.2 Å². The molecule has 0 aliphatic heterocycles. The SMILES string of the molecule is C=CCOP(=O)(OCCCOP(=O)(OCC=C)OCC(COCC[C@@H](CCCCCCC)OCc1ccc(OC)cc1)N=[N+]=[N-])OCC(COCC[C@@H](CCCCCCC)OCc1ccc(OC)cc1)N=[N+]=[N-]. The minimum absolute atomic E-state index is 0.0194. The number of azide groups is 2. The summed E-state index contributed by atoms with van der Waals surface area (Å²) in [6, 6.07) is 13.8. The summed E-state index contributed by atoms with van der Waals surface area (Å²) < 4.78 is 95.3. The van der Waals surface area contributed by atoms with Crippen LogP contribution in [0.1, 0.15) is 121 Å². The number of phosphoric ester groups is 2. The van der Waals surface area contributed by atoms with Crippen molar-refractivity contribution in [3.05, 3.63) is 106 Å². The fourth-order valence-electron chi connectivity index (χ4n) is 6.97. The molecule has 73 heavy (non-hydrogen) atoms. The summed E-state index contributed by atoms with van der Waals surface area (Å²) in [5.41, 5.74) is 20.6. The highest BCUT2D eigenvalue weighted by Crippen LogP contribution is 2.51. The van der Waals surface area contributed by atoms with Crippen LogP contribution >= 0.6 is 15.6 Å². The first kappa shape index (κ1) is 65.3. The molecule has 22 heteroatoms. The standard InChI is InChI=1S/C51H84N6O14P2/c1-7-11-13-15-17-20-50(64-38-44-22-26-48(60-5)27-23-44)30-36-62-40-46(54-56-52)42-70-72(58,66-32-9-3)68-34-19-35-69-73(59,67-33-10-4)71-43-47(55-57-53)41-63-37-31-51(21-18-16-14-12-8-2)65-39-45-24-28-49(61-6)29-25-45/h9-10,22-29,46-47,50-51H,3-4,7-8,11-21,30-43H2,1-2,5-6H3/t46?,47?,50-,51-,72?,73?/m1/s1. The molecule has 0 aromatic heterocycles. The van der Waals surface area contributed by atoms with E-state index in [1.807, 2.05) is 48.5 Å². The van der Waals surface area contributed by atoms with Gasteiger partial charge in [0.1, 0.15) is 11.5 Å². The van der Waals surface area contributed by atoms with Crippen LogP contribution in [0.2, 0.25) is 0 Å². The van der Waals surface area contributed by atoms with Gasteiger partial charge in [0.2, 0.25) is 0 Å². The molecule has 0 saturated carbocycles. The minimum atomic E-state index is -4.23. The zero-order valence-corrected chi connectivity index (χ0v) is 45.7. The molecular formula is C51H84N6O14P2. The Morgan fingerprint density at radius 2 is 0.918 bits per heavy atom. The molecule has 0 aliphatic carbocycles. The van der Waals surface area contributed by atoms with E-state index in [2.05, 4.69) is 47.1 Å². The normalized spacial score (nSPS) is 14.6. The maximum absolute atomic E-state index is 13.6. The van der Waals surface area contributed by atoms with E-state index in [0.717, 1.165) is 61.2 Å². The Balaban J connectivity index is 1.89. The van der Waals surface area contributed by atoms with Crippen LogP contribution in [-0.2, 0) is 68.4 Å². The molecule has 2 aromatic carbocycles. The minimum Gasteiger partial charge on any atom is -0.497 e. The second-order valence-electron chi connectivity index (χ2n) is 17.1. The Bertz CT molecular complexity index is 1790. The third kappa shape index (κ3) is 32.3. The van der Waals surface area contributed by atoms with Crippen molar-refractivity contribution in [3.63, 3.8) is 0 Å². The number of hydrogen-bond donors (Lipinski definition) is 0. The van der Waals surface area contributed by atoms with Gasteiger partial charge in [-0.1, -0.05) is 125 Å². The Morgan fingerprint density at radius 3 is 1.27 bits per heavy atom. The lowest BCUT2D eigenvalue weighted by Gasteiger charge is -2.21. The number of ether oxygens (including phenoxy) is 6. The lowest BCUT2D eigenvalue weighted by molar-refractivity contribution is 0.00212. The van der Waals surface area contributed by atoms with Gasteiger partial charge in [-0.2, -0.15) is 0 Å². The maximum Gasteiger partial charge on any atom is 0.475 e. The van der Waals surface area contributed by atoms with E-state index in [-0.39, 0.29) is 71.5 Å². The van der Waals surface area contributed by atoms with Gasteiger partial charge in [-0.25, -0.2) is 9.13 Å². The van der Waals surface area contributed by atoms with Crippen molar-refractivity contribution in [2.75, 3.05) is 80.3 Å². The van der Waals surface area contributed by atoms with E-state index in [1.54, 1.807) is 14.2 Å². The van der Waals surface area contributed by atoms with Gasteiger partial charge in [-0.05, 0) is 78.6 Å². The average Bonchev–Trinajstić information content (AvgIpc) is 3.41. The zero-order valence-electron chi connectivity index (χ0n) is 43.9. The Labute approximate surface area is 434 Å². The average molecular weight is 1070 g/mol. The van der Waals surface area contributed by atoms with E-state index in [4.69, 9.17) is 55.6 Å². The fourth-order valence-corrected chi connectivity index (χ4v) is 9.40. The number of unbranched alkanes of at least 4 members (excludes halogenated alkanes) is 8. The molecule has 0 amide bonds. The van der Waals surface area contributed by atoms with Crippen LogP contribution in [0.25, 0.3) is 20.9 Å². The van der Waals surface area contributed by atoms with Gasteiger partial charge < -0.3 is 28.4 Å². The van der Waals surface area contributed by atoms with Crippen molar-refractivity contribution < 1.29 is 64.7 Å². The van der Waals surface area contributed by atoms with Gasteiger partial charge >= 0.3 is 15.6 Å². The van der Waals surface area contributed by atoms with Crippen LogP contribution in [0, 0.1) is 0 Å². The first-order valence-electron chi connectivity index (χ1n) is 25.6. The molecule has 0 radical (unpaired) electrons. The summed E-state index contributed by atoms with van der Waals surface area (Å²) in [5, 5.41) is 7.54. The lowest BCUT2D eigenvalue weighted by atomic mass is 10.1. The second kappa shape index (κ2) is 42.4. The summed E-state index contributed by atoms with van der Waals surface area (Å²) >= 11 is 0. The number of nitrogens with zero attached hydrogens (tertiary/aromatic N) is 6. The highest BCUT2D eigenvalue weighted by Gasteiger charge is 2.30. The van der Waals surface area contributed by atoms with Gasteiger partial charge in [0.05, 0.1) is 105 Å². The summed E-state index contributed by atoms with van der Waals surface area (Å²) in [4.78, 5) is 5.82. The Morgan fingerprint density at radius 1 is 0.521 bits per heavy atom. The van der Waals surface area contributed by atoms with Gasteiger partial charge in [0.15, 0.2) is 0 Å². The molecule has 412 valence electrons. The van der Waals surface area contributed by atoms with Crippen LogP contribution in [0.3, 0.4) is 0 Å². The van der Waals surface area contributed by atoms with E-state index < -0.39 is 27.7 Å². The molecule has 4 unspecified atom stereocenters. The second-order valence-corrected chi connectivity index (χ2v) is 20.4. The number of phosphoric acid groups is 2. The van der Waals surface area contributed by atoms with Crippen molar-refractivity contribution in [3.8, 4) is 11.5 Å². The monoisotopic (exact) mass is 1070 g/mol. The van der Waals surface area contributed by atoms with Gasteiger partial charge in [0, 0.05) is 23.0 Å². The predicted molar refractivity (Wildman–Crippen MR) is 283 cm³/mol. The van der Waals surface area contributed by atoms with Crippen molar-refractivity contribution in [2.45, 2.75) is 148 Å². The molecule has 20 nitrogen and oxygen atoms in total. The maximum atomic E-state index is 13.6. The summed E-state index contributed by atoms with van der Waals surface area (Å²) in [5.74, 6) is 1.55. The number of rotatable bonds is 50. The molecule has 0 spiro atoms. The zero-order chi connectivity index (χ0) is 53.1. The number of methoxy groups -OCH3 is 2. The van der Waals surface area contributed by atoms with Crippen molar-refractivity contribution in [1.82, 2.24) is 0 Å². The van der Waals surface area contributed by atoms with Gasteiger partial charge in [-0.15, -0.1) is 13.2 Å². The summed E-state index contributed by atoms with van der Waals surface area (Å²) in [7, 11) is -5.20. The van der Waals surface area contributed by atoms with Crippen LogP contribution in [0.15, 0.2) is 84.1 Å². The quantitative estimate of drug-likeness (QED) is 0.0149. The van der Waals surface area contributed by atoms with Gasteiger partial charge in [0.25, 0.3) is 0 Å². The van der Waals surface area contributed by atoms with Crippen LogP contribution < -0.4 is 9.47 Å². The Hall–Kier alpha value is -3.80. The summed E-state index contributed by atoms with van der Waals surface area (Å²) in [6.07, 6.45) is 17.1. The molecule has 0 heterocycles. The lowest BCUT2D eigenvalue weighted by Crippen LogP contribution is -2.22. The third-order valence-electron chi connectivity index (χ3n) is 11.1. The molecule has 2 aromatic rings. The van der Waals surface area contributed by atoms with Crippen molar-refractivity contribution in [1.29, 1.82) is 0 Å². The fraction of sp³-hybridized carbons (Fsp3) is 0.686. The predicted octanol–water partition coefficient (Wildman–Crippen LogP) is 14.1. The molecule has 0 bridgehead atoms. The molecule has 0 fully saturated rings. The molecular weight excluding hydrogens is 983 g/mol. The molecule has 0 saturated heterocycles. The highest BCUT2D eigenvalue weighted by molar-refractivity contribution is 7.48. The molecule has 0 aliphatic rings. The van der Waals surface area contributed by atoms with Crippen LogP contribution in [-0.4, -0.2) is 105 Å². The van der Waals surface area contributed by atoms with E-state index in [0.29, 0.717) is 39.3 Å². The smallest absolute Gasteiger partial charge is 0.475 e. The van der Waals surface area contributed by atoms with E-state index >= 15 is 0 Å². The van der Waals surface area contributed by atoms with Crippen molar-refractivity contribution >= 4 is 15.6 Å². The Kier molecular flexibility index (Phi) is 38.0. The van der Waals surface area contributed by atoms with E-state index in [1.165, 1.54) is 50.7 Å². The van der Waals surface area contributed by atoms with Crippen LogP contribution in [0.4, 0.5) is 0 Å². The topological polar surface area (TPSA) is 242 Å². The third-order valence-corrected chi connectivity index (χ3v) is 14.0. The summed E-state index contributed by atoms with van der Waals surface area (Å²) in [6.45, 7) is 11.6.